The molecular formula is C15H25ClN4OS. The van der Waals surface area contributed by atoms with Crippen LogP contribution in [0.25, 0.3) is 0 Å². The van der Waals surface area contributed by atoms with Crippen LogP contribution in [0, 0.1) is 5.92 Å². The fourth-order valence-electron chi connectivity index (χ4n) is 3.45. The summed E-state index contributed by atoms with van der Waals surface area (Å²) in [5, 5.41) is 16.3. The number of nitrogens with one attached hydrogen (secondary N) is 2. The first-order chi connectivity index (χ1) is 10.3. The summed E-state index contributed by atoms with van der Waals surface area (Å²) >= 11 is 1.50. The molecule has 7 heteroatoms. The molecule has 0 bridgehead atoms. The van der Waals surface area contributed by atoms with Crippen molar-refractivity contribution < 1.29 is 4.79 Å². The number of rotatable bonds is 5. The number of aryl methyl sites for hydroxylation is 1. The van der Waals surface area contributed by atoms with Crippen molar-refractivity contribution in [2.24, 2.45) is 5.92 Å². The van der Waals surface area contributed by atoms with Crippen LogP contribution in [0.2, 0.25) is 0 Å². The number of fused-ring (bicyclic) bond motifs is 1. The van der Waals surface area contributed by atoms with Gasteiger partial charge in [-0.2, -0.15) is 0 Å². The van der Waals surface area contributed by atoms with E-state index in [9.17, 15) is 4.79 Å². The maximum Gasteiger partial charge on any atom is 0.243 e. The molecule has 2 fully saturated rings. The van der Waals surface area contributed by atoms with Crippen molar-refractivity contribution in [3.63, 3.8) is 0 Å². The van der Waals surface area contributed by atoms with Gasteiger partial charge in [-0.3, -0.25) is 10.1 Å². The number of anilines is 1. The fraction of sp³-hybridized carbons (Fsp3) is 0.800. The van der Waals surface area contributed by atoms with E-state index in [0.717, 1.165) is 30.7 Å². The molecule has 3 unspecified atom stereocenters. The van der Waals surface area contributed by atoms with Gasteiger partial charge in [-0.1, -0.05) is 37.5 Å². The van der Waals surface area contributed by atoms with Crippen LogP contribution < -0.4 is 10.6 Å². The Morgan fingerprint density at radius 3 is 2.95 bits per heavy atom. The molecule has 1 aliphatic carbocycles. The molecule has 3 atom stereocenters. The van der Waals surface area contributed by atoms with Gasteiger partial charge in [-0.25, -0.2) is 0 Å². The van der Waals surface area contributed by atoms with Crippen LogP contribution in [-0.4, -0.2) is 28.2 Å². The zero-order chi connectivity index (χ0) is 14.7. The van der Waals surface area contributed by atoms with Crippen molar-refractivity contribution in [2.45, 2.75) is 70.4 Å². The molecule has 1 aliphatic heterocycles. The number of hydrogen-bond donors (Lipinski definition) is 2. The van der Waals surface area contributed by atoms with Gasteiger partial charge < -0.3 is 5.32 Å². The number of halogens is 1. The summed E-state index contributed by atoms with van der Waals surface area (Å²) < 4.78 is 0. The molecule has 1 aromatic rings. The second kappa shape index (κ2) is 8.22. The van der Waals surface area contributed by atoms with E-state index in [0.29, 0.717) is 17.1 Å². The van der Waals surface area contributed by atoms with Crippen LogP contribution in [0.15, 0.2) is 0 Å². The van der Waals surface area contributed by atoms with E-state index in [4.69, 9.17) is 0 Å². The zero-order valence-corrected chi connectivity index (χ0v) is 14.6. The molecule has 3 rings (SSSR count). The van der Waals surface area contributed by atoms with Crippen molar-refractivity contribution in [1.29, 1.82) is 0 Å². The quantitative estimate of drug-likeness (QED) is 0.861. The Hall–Kier alpha value is -0.720. The number of carbonyl (C=O) groups excluding carboxylic acids is 1. The molecule has 5 nitrogen and oxygen atoms in total. The molecule has 1 aromatic heterocycles. The first-order valence-corrected chi connectivity index (χ1v) is 8.97. The van der Waals surface area contributed by atoms with Crippen LogP contribution >= 0.6 is 23.7 Å². The summed E-state index contributed by atoms with van der Waals surface area (Å²) in [5.74, 6) is 0.742. The highest BCUT2D eigenvalue weighted by atomic mass is 35.5. The summed E-state index contributed by atoms with van der Waals surface area (Å²) in [6.45, 7) is 2.16. The minimum atomic E-state index is -0.0545. The minimum absolute atomic E-state index is 0. The standard InChI is InChI=1S/C15H24N4OS.ClH/c1-2-3-8-13-18-19-15(21-13)17-14(20)12-9-10-6-4-5-7-11(10)16-12;/h10-12,16H,2-9H2,1H3,(H,17,19,20);1H. The van der Waals surface area contributed by atoms with Crippen LogP contribution in [0.1, 0.15) is 56.9 Å². The topological polar surface area (TPSA) is 66.9 Å². The Bertz CT molecular complexity index is 482. The molecular weight excluding hydrogens is 320 g/mol. The van der Waals surface area contributed by atoms with Gasteiger partial charge in [0.1, 0.15) is 5.01 Å². The summed E-state index contributed by atoms with van der Waals surface area (Å²) in [5.41, 5.74) is 0. The SMILES string of the molecule is CCCCc1nnc(NC(=O)C2CC3CCCCC3N2)s1.Cl. The summed E-state index contributed by atoms with van der Waals surface area (Å²) in [6, 6.07) is 0.491. The van der Waals surface area contributed by atoms with Crippen LogP contribution in [0.4, 0.5) is 5.13 Å². The number of nitrogens with zero attached hydrogens (tertiary/aromatic N) is 2. The van der Waals surface area contributed by atoms with Crippen LogP contribution in [0.5, 0.6) is 0 Å². The second-order valence-electron chi connectivity index (χ2n) is 6.20. The van der Waals surface area contributed by atoms with Gasteiger partial charge in [-0.05, 0) is 31.6 Å². The molecule has 1 saturated heterocycles. The predicted octanol–water partition coefficient (Wildman–Crippen LogP) is 3.16. The lowest BCUT2D eigenvalue weighted by Gasteiger charge is -2.24. The van der Waals surface area contributed by atoms with Gasteiger partial charge in [0.2, 0.25) is 11.0 Å². The van der Waals surface area contributed by atoms with Gasteiger partial charge in [0.15, 0.2) is 0 Å². The Kier molecular flexibility index (Phi) is 6.59. The number of aromatic nitrogens is 2. The molecule has 2 aliphatic rings. The van der Waals surface area contributed by atoms with Gasteiger partial charge in [-0.15, -0.1) is 22.6 Å². The number of unbranched alkanes of at least 4 members (excludes halogenated alkanes) is 1. The number of hydrogen-bond acceptors (Lipinski definition) is 5. The van der Waals surface area contributed by atoms with Gasteiger partial charge in [0.05, 0.1) is 6.04 Å². The minimum Gasteiger partial charge on any atom is -0.303 e. The molecule has 2 N–H and O–H groups in total. The maximum atomic E-state index is 12.3. The van der Waals surface area contributed by atoms with Crippen molar-refractivity contribution in [3.05, 3.63) is 5.01 Å². The average Bonchev–Trinajstić information content (AvgIpc) is 3.11. The van der Waals surface area contributed by atoms with E-state index >= 15 is 0 Å². The monoisotopic (exact) mass is 344 g/mol. The van der Waals surface area contributed by atoms with Crippen molar-refractivity contribution in [1.82, 2.24) is 15.5 Å². The molecule has 2 heterocycles. The Morgan fingerprint density at radius 1 is 1.36 bits per heavy atom. The van der Waals surface area contributed by atoms with Gasteiger partial charge in [0.25, 0.3) is 0 Å². The number of amides is 1. The summed E-state index contributed by atoms with van der Waals surface area (Å²) in [4.78, 5) is 12.3. The van der Waals surface area contributed by atoms with E-state index < -0.39 is 0 Å². The highest BCUT2D eigenvalue weighted by Crippen LogP contribution is 2.33. The van der Waals surface area contributed by atoms with E-state index in [2.05, 4.69) is 27.8 Å². The smallest absolute Gasteiger partial charge is 0.243 e. The Labute approximate surface area is 142 Å². The summed E-state index contributed by atoms with van der Waals surface area (Å²) in [7, 11) is 0. The first-order valence-electron chi connectivity index (χ1n) is 8.15. The summed E-state index contributed by atoms with van der Waals surface area (Å²) in [6.07, 6.45) is 9.28. The molecule has 1 amide bonds. The zero-order valence-electron chi connectivity index (χ0n) is 13.0. The van der Waals surface area contributed by atoms with Gasteiger partial charge in [0, 0.05) is 12.5 Å². The lowest BCUT2D eigenvalue weighted by atomic mass is 9.85. The third kappa shape index (κ3) is 4.18. The largest absolute Gasteiger partial charge is 0.303 e. The molecule has 0 radical (unpaired) electrons. The van der Waals surface area contributed by atoms with E-state index in [1.807, 2.05) is 0 Å². The van der Waals surface area contributed by atoms with Crippen molar-refractivity contribution >= 4 is 34.8 Å². The van der Waals surface area contributed by atoms with Crippen molar-refractivity contribution in [3.8, 4) is 0 Å². The highest BCUT2D eigenvalue weighted by molar-refractivity contribution is 7.15. The molecule has 0 aromatic carbocycles. The highest BCUT2D eigenvalue weighted by Gasteiger charge is 2.38. The van der Waals surface area contributed by atoms with Crippen LogP contribution in [-0.2, 0) is 11.2 Å². The lowest BCUT2D eigenvalue weighted by Crippen LogP contribution is -2.39. The van der Waals surface area contributed by atoms with Crippen molar-refractivity contribution in [2.75, 3.05) is 5.32 Å². The third-order valence-corrected chi connectivity index (χ3v) is 5.52. The average molecular weight is 345 g/mol. The second-order valence-corrected chi connectivity index (χ2v) is 7.26. The Balaban J connectivity index is 0.00000176. The molecule has 0 spiro atoms. The molecule has 124 valence electrons. The maximum absolute atomic E-state index is 12.3. The Morgan fingerprint density at radius 2 is 2.18 bits per heavy atom. The van der Waals surface area contributed by atoms with Crippen LogP contribution in [0.3, 0.4) is 0 Å². The number of carbonyl (C=O) groups is 1. The lowest BCUT2D eigenvalue weighted by molar-refractivity contribution is -0.117. The predicted molar refractivity (Wildman–Crippen MR) is 91.7 cm³/mol. The van der Waals surface area contributed by atoms with E-state index in [1.54, 1.807) is 0 Å². The van der Waals surface area contributed by atoms with E-state index in [1.165, 1.54) is 37.0 Å². The third-order valence-electron chi connectivity index (χ3n) is 4.62. The van der Waals surface area contributed by atoms with Gasteiger partial charge >= 0.3 is 0 Å². The fourth-order valence-corrected chi connectivity index (χ4v) is 4.23. The normalized spacial score (nSPS) is 27.0. The first kappa shape index (κ1) is 17.6. The molecule has 22 heavy (non-hydrogen) atoms. The molecule has 1 saturated carbocycles. The van der Waals surface area contributed by atoms with E-state index in [-0.39, 0.29) is 24.4 Å².